The molecule has 0 saturated carbocycles. The molecule has 1 aromatic carbocycles. The van der Waals surface area contributed by atoms with Gasteiger partial charge < -0.3 is 14.2 Å². The van der Waals surface area contributed by atoms with Crippen molar-refractivity contribution in [3.63, 3.8) is 0 Å². The van der Waals surface area contributed by atoms with E-state index < -0.39 is 0 Å². The molecule has 0 aliphatic rings. The zero-order chi connectivity index (χ0) is 19.5. The van der Waals surface area contributed by atoms with E-state index in [2.05, 4.69) is 0 Å². The second-order valence-electron chi connectivity index (χ2n) is 6.06. The van der Waals surface area contributed by atoms with Crippen LogP contribution in [-0.2, 0) is 9.59 Å². The fraction of sp³-hybridized carbons (Fsp3) is 0.524. The molecule has 5 nitrogen and oxygen atoms in total. The number of benzene rings is 1. The van der Waals surface area contributed by atoms with Gasteiger partial charge in [0.15, 0.2) is 23.1 Å². The minimum absolute atomic E-state index is 0.148. The van der Waals surface area contributed by atoms with E-state index in [4.69, 9.17) is 14.2 Å². The van der Waals surface area contributed by atoms with Crippen LogP contribution in [0.3, 0.4) is 0 Å². The van der Waals surface area contributed by atoms with E-state index in [1.807, 2.05) is 20.8 Å². The van der Waals surface area contributed by atoms with Gasteiger partial charge in [-0.05, 0) is 56.9 Å². The lowest BCUT2D eigenvalue weighted by atomic mass is 10.0. The molecule has 0 fully saturated rings. The second kappa shape index (κ2) is 11.3. The van der Waals surface area contributed by atoms with Gasteiger partial charge in [0.1, 0.15) is 0 Å². The average molecular weight is 362 g/mol. The quantitative estimate of drug-likeness (QED) is 0.308. The lowest BCUT2D eigenvalue weighted by Crippen LogP contribution is -2.07. The Balaban J connectivity index is 3.44. The summed E-state index contributed by atoms with van der Waals surface area (Å²) in [6.07, 6.45) is 4.14. The van der Waals surface area contributed by atoms with Gasteiger partial charge >= 0.3 is 0 Å². The summed E-state index contributed by atoms with van der Waals surface area (Å²) in [7, 11) is 0. The number of rotatable bonds is 12. The number of carbonyl (C=O) groups is 2. The zero-order valence-corrected chi connectivity index (χ0v) is 16.5. The lowest BCUT2D eigenvalue weighted by molar-refractivity contribution is -0.119. The SMILES string of the molecule is CCCOc1cc(C=C(C(C)=O)C(C)=O)cc(OCCC)c1OCCC. The molecule has 0 atom stereocenters. The van der Waals surface area contributed by atoms with E-state index in [9.17, 15) is 9.59 Å². The van der Waals surface area contributed by atoms with Gasteiger partial charge in [0.05, 0.1) is 25.4 Å². The Morgan fingerprint density at radius 3 is 1.62 bits per heavy atom. The Morgan fingerprint density at radius 2 is 1.23 bits per heavy atom. The van der Waals surface area contributed by atoms with Crippen molar-refractivity contribution in [3.8, 4) is 17.2 Å². The van der Waals surface area contributed by atoms with Gasteiger partial charge in [0, 0.05) is 0 Å². The van der Waals surface area contributed by atoms with Gasteiger partial charge in [-0.3, -0.25) is 9.59 Å². The molecule has 0 heterocycles. The van der Waals surface area contributed by atoms with E-state index in [-0.39, 0.29) is 17.1 Å². The molecule has 0 aliphatic carbocycles. The Morgan fingerprint density at radius 1 is 0.808 bits per heavy atom. The summed E-state index contributed by atoms with van der Waals surface area (Å²) in [6.45, 7) is 10.5. The van der Waals surface area contributed by atoms with Gasteiger partial charge in [0.2, 0.25) is 5.75 Å². The first-order valence-electron chi connectivity index (χ1n) is 9.24. The molecule has 0 bridgehead atoms. The van der Waals surface area contributed by atoms with Gasteiger partial charge in [-0.2, -0.15) is 0 Å². The Hall–Kier alpha value is -2.30. The Kier molecular flexibility index (Phi) is 9.48. The summed E-state index contributed by atoms with van der Waals surface area (Å²) >= 11 is 0. The highest BCUT2D eigenvalue weighted by Crippen LogP contribution is 2.40. The number of carbonyl (C=O) groups excluding carboxylic acids is 2. The highest BCUT2D eigenvalue weighted by atomic mass is 16.5. The number of hydrogen-bond acceptors (Lipinski definition) is 5. The van der Waals surface area contributed by atoms with Crippen LogP contribution >= 0.6 is 0 Å². The smallest absolute Gasteiger partial charge is 0.203 e. The van der Waals surface area contributed by atoms with Crippen molar-refractivity contribution in [2.45, 2.75) is 53.9 Å². The van der Waals surface area contributed by atoms with Crippen LogP contribution in [0.25, 0.3) is 6.08 Å². The molecule has 0 unspecified atom stereocenters. The number of ketones is 2. The molecular weight excluding hydrogens is 332 g/mol. The number of allylic oxidation sites excluding steroid dienone is 1. The van der Waals surface area contributed by atoms with Crippen LogP contribution in [0, 0.1) is 0 Å². The minimum Gasteiger partial charge on any atom is -0.490 e. The van der Waals surface area contributed by atoms with E-state index >= 15 is 0 Å². The largest absolute Gasteiger partial charge is 0.490 e. The zero-order valence-electron chi connectivity index (χ0n) is 16.5. The maximum atomic E-state index is 11.7. The van der Waals surface area contributed by atoms with Crippen LogP contribution in [0.5, 0.6) is 17.2 Å². The van der Waals surface area contributed by atoms with Crippen molar-refractivity contribution in [2.24, 2.45) is 0 Å². The van der Waals surface area contributed by atoms with Gasteiger partial charge in [-0.25, -0.2) is 0 Å². The third kappa shape index (κ3) is 6.54. The summed E-state index contributed by atoms with van der Waals surface area (Å²) in [5.74, 6) is 1.16. The standard InChI is InChI=1S/C21H30O5/c1-6-9-24-19-13-17(12-18(15(4)22)16(5)23)14-20(25-10-7-2)21(19)26-11-8-3/h12-14H,6-11H2,1-5H3. The van der Waals surface area contributed by atoms with E-state index in [0.29, 0.717) is 42.6 Å². The highest BCUT2D eigenvalue weighted by Gasteiger charge is 2.17. The lowest BCUT2D eigenvalue weighted by Gasteiger charge is -2.17. The van der Waals surface area contributed by atoms with E-state index in [0.717, 1.165) is 19.3 Å². The normalized spacial score (nSPS) is 10.2. The monoisotopic (exact) mass is 362 g/mol. The summed E-state index contributed by atoms with van der Waals surface area (Å²) in [5, 5.41) is 0. The first kappa shape index (κ1) is 21.7. The molecule has 1 rings (SSSR count). The van der Waals surface area contributed by atoms with Crippen LogP contribution in [0.15, 0.2) is 17.7 Å². The summed E-state index contributed by atoms with van der Waals surface area (Å²) in [5.41, 5.74) is 0.821. The molecule has 0 saturated heterocycles. The molecule has 0 spiro atoms. The first-order valence-corrected chi connectivity index (χ1v) is 9.24. The summed E-state index contributed by atoms with van der Waals surface area (Å²) in [6, 6.07) is 3.57. The molecule has 0 aromatic heterocycles. The van der Waals surface area contributed by atoms with E-state index in [1.165, 1.54) is 13.8 Å². The van der Waals surface area contributed by atoms with Crippen LogP contribution < -0.4 is 14.2 Å². The topological polar surface area (TPSA) is 61.8 Å². The minimum atomic E-state index is -0.268. The molecular formula is C21H30O5. The summed E-state index contributed by atoms with van der Waals surface area (Å²) < 4.78 is 17.5. The Labute approximate surface area is 156 Å². The first-order chi connectivity index (χ1) is 12.4. The van der Waals surface area contributed by atoms with Crippen molar-refractivity contribution in [1.29, 1.82) is 0 Å². The van der Waals surface area contributed by atoms with Gasteiger partial charge in [0.25, 0.3) is 0 Å². The maximum absolute atomic E-state index is 11.7. The van der Waals surface area contributed by atoms with Crippen molar-refractivity contribution < 1.29 is 23.8 Å². The highest BCUT2D eigenvalue weighted by molar-refractivity contribution is 6.21. The van der Waals surface area contributed by atoms with Crippen LogP contribution in [0.1, 0.15) is 59.4 Å². The molecule has 0 N–H and O–H groups in total. The molecule has 0 radical (unpaired) electrons. The fourth-order valence-electron chi connectivity index (χ4n) is 2.28. The van der Waals surface area contributed by atoms with Crippen molar-refractivity contribution >= 4 is 17.6 Å². The Bertz CT molecular complexity index is 601. The van der Waals surface area contributed by atoms with Crippen LogP contribution in [0.4, 0.5) is 0 Å². The molecule has 0 aliphatic heterocycles. The maximum Gasteiger partial charge on any atom is 0.203 e. The third-order valence-electron chi connectivity index (χ3n) is 3.49. The molecule has 26 heavy (non-hydrogen) atoms. The fourth-order valence-corrected chi connectivity index (χ4v) is 2.28. The van der Waals surface area contributed by atoms with Crippen LogP contribution in [-0.4, -0.2) is 31.4 Å². The van der Waals surface area contributed by atoms with Gasteiger partial charge in [-0.15, -0.1) is 0 Å². The number of ether oxygens (including phenoxy) is 3. The number of hydrogen-bond donors (Lipinski definition) is 0. The van der Waals surface area contributed by atoms with Crippen molar-refractivity contribution in [2.75, 3.05) is 19.8 Å². The van der Waals surface area contributed by atoms with Crippen molar-refractivity contribution in [1.82, 2.24) is 0 Å². The molecule has 144 valence electrons. The predicted molar refractivity (Wildman–Crippen MR) is 103 cm³/mol. The molecule has 0 amide bonds. The second-order valence-corrected chi connectivity index (χ2v) is 6.06. The van der Waals surface area contributed by atoms with Crippen molar-refractivity contribution in [3.05, 3.63) is 23.3 Å². The predicted octanol–water partition coefficient (Wildman–Crippen LogP) is 4.61. The molecule has 5 heteroatoms. The van der Waals surface area contributed by atoms with E-state index in [1.54, 1.807) is 18.2 Å². The average Bonchev–Trinajstić information content (AvgIpc) is 2.60. The van der Waals surface area contributed by atoms with Crippen LogP contribution in [0.2, 0.25) is 0 Å². The molecule has 1 aromatic rings. The summed E-state index contributed by atoms with van der Waals surface area (Å²) in [4.78, 5) is 23.5. The third-order valence-corrected chi connectivity index (χ3v) is 3.49. The number of Topliss-reactive ketones (excluding diaryl/α,β-unsaturated/α-hetero) is 2. The van der Waals surface area contributed by atoms with Gasteiger partial charge in [-0.1, -0.05) is 20.8 Å².